The predicted octanol–water partition coefficient (Wildman–Crippen LogP) is -2.51. The molecule has 0 aromatic carbocycles. The summed E-state index contributed by atoms with van der Waals surface area (Å²) in [7, 11) is 0. The number of hydrogen-bond acceptors (Lipinski definition) is 7. The number of nitrogens with one attached hydrogen (secondary N) is 4. The highest BCUT2D eigenvalue weighted by molar-refractivity contribution is 5.93. The molecule has 0 fully saturated rings. The Kier molecular flexibility index (Phi) is 9.75. The number of carboxylic acids is 1. The van der Waals surface area contributed by atoms with E-state index in [4.69, 9.17) is 10.8 Å². The lowest BCUT2D eigenvalue weighted by atomic mass is 10.0. The van der Waals surface area contributed by atoms with Crippen molar-refractivity contribution in [2.24, 2.45) is 11.7 Å². The number of aliphatic hydroxyl groups excluding tert-OH is 1. The van der Waals surface area contributed by atoms with E-state index in [2.05, 4.69) is 25.9 Å². The molecular formula is C17H28N6O6. The molecule has 1 aromatic heterocycles. The number of amides is 3. The molecule has 3 atom stereocenters. The quantitative estimate of drug-likeness (QED) is 0.195. The topological polar surface area (TPSA) is 200 Å². The third-order valence-electron chi connectivity index (χ3n) is 3.90. The summed E-state index contributed by atoms with van der Waals surface area (Å²) in [5, 5.41) is 25.1. The highest BCUT2D eigenvalue weighted by Crippen LogP contribution is 2.06. The highest BCUT2D eigenvalue weighted by Gasteiger charge is 2.28. The van der Waals surface area contributed by atoms with Crippen LogP contribution in [0.1, 0.15) is 26.0 Å². The largest absolute Gasteiger partial charge is 0.480 e. The summed E-state index contributed by atoms with van der Waals surface area (Å²) in [4.78, 5) is 54.1. The number of rotatable bonds is 12. The van der Waals surface area contributed by atoms with Crippen LogP contribution in [0.15, 0.2) is 12.5 Å². The molecular weight excluding hydrogens is 384 g/mol. The van der Waals surface area contributed by atoms with Gasteiger partial charge in [-0.25, -0.2) is 4.98 Å². The number of carboxylic acid groups (broad SMARTS) is 1. The molecule has 8 N–H and O–H groups in total. The molecule has 0 aliphatic heterocycles. The number of nitrogens with two attached hydrogens (primary N) is 1. The number of aliphatic carboxylic acids is 1. The first-order valence-corrected chi connectivity index (χ1v) is 9.08. The summed E-state index contributed by atoms with van der Waals surface area (Å²) >= 11 is 0. The molecule has 3 amide bonds. The molecule has 1 rings (SSSR count). The minimum absolute atomic E-state index is 0.0147. The SMILES string of the molecule is CC(C)CC(NC(=O)C(CO)NC(=O)C(N)Cc1cnc[nH]1)C(=O)NCC(=O)O. The van der Waals surface area contributed by atoms with Crippen molar-refractivity contribution in [2.45, 2.75) is 44.8 Å². The zero-order chi connectivity index (χ0) is 22.0. The number of H-pyrrole nitrogens is 1. The zero-order valence-corrected chi connectivity index (χ0v) is 16.3. The number of imidazole rings is 1. The fourth-order valence-electron chi connectivity index (χ4n) is 2.46. The van der Waals surface area contributed by atoms with Gasteiger partial charge in [-0.3, -0.25) is 19.2 Å². The van der Waals surface area contributed by atoms with E-state index in [9.17, 15) is 24.3 Å². The Hall–Kier alpha value is -2.99. The third kappa shape index (κ3) is 8.70. The summed E-state index contributed by atoms with van der Waals surface area (Å²) in [5.74, 6) is -3.33. The predicted molar refractivity (Wildman–Crippen MR) is 101 cm³/mol. The van der Waals surface area contributed by atoms with Gasteiger partial charge in [-0.15, -0.1) is 0 Å². The average Bonchev–Trinajstić information content (AvgIpc) is 3.15. The van der Waals surface area contributed by atoms with Crippen molar-refractivity contribution in [3.05, 3.63) is 18.2 Å². The molecule has 0 saturated carbocycles. The maximum Gasteiger partial charge on any atom is 0.322 e. The smallest absolute Gasteiger partial charge is 0.322 e. The van der Waals surface area contributed by atoms with E-state index in [0.717, 1.165) is 0 Å². The van der Waals surface area contributed by atoms with E-state index in [1.807, 2.05) is 13.8 Å². The monoisotopic (exact) mass is 412 g/mol. The molecule has 12 nitrogen and oxygen atoms in total. The lowest BCUT2D eigenvalue weighted by molar-refractivity contribution is -0.138. The second-order valence-corrected chi connectivity index (χ2v) is 6.93. The Labute approximate surface area is 167 Å². The Balaban J connectivity index is 2.70. The average molecular weight is 412 g/mol. The van der Waals surface area contributed by atoms with E-state index in [1.165, 1.54) is 12.5 Å². The second kappa shape index (κ2) is 11.8. The lowest BCUT2D eigenvalue weighted by Gasteiger charge is -2.23. The van der Waals surface area contributed by atoms with Crippen LogP contribution in [-0.2, 0) is 25.6 Å². The van der Waals surface area contributed by atoms with Gasteiger partial charge in [0.25, 0.3) is 0 Å². The van der Waals surface area contributed by atoms with Crippen molar-refractivity contribution in [2.75, 3.05) is 13.2 Å². The Morgan fingerprint density at radius 1 is 1.14 bits per heavy atom. The van der Waals surface area contributed by atoms with Gasteiger partial charge >= 0.3 is 5.97 Å². The van der Waals surface area contributed by atoms with Crippen LogP contribution in [0.5, 0.6) is 0 Å². The van der Waals surface area contributed by atoms with E-state index < -0.39 is 55.0 Å². The van der Waals surface area contributed by atoms with Crippen molar-refractivity contribution < 1.29 is 29.4 Å². The number of aromatic amines is 1. The first kappa shape index (κ1) is 24.0. The summed E-state index contributed by atoms with van der Waals surface area (Å²) in [6.07, 6.45) is 3.34. The van der Waals surface area contributed by atoms with E-state index in [1.54, 1.807) is 0 Å². The van der Waals surface area contributed by atoms with Crippen molar-refractivity contribution >= 4 is 23.7 Å². The minimum Gasteiger partial charge on any atom is -0.480 e. The molecule has 0 radical (unpaired) electrons. The molecule has 1 aromatic rings. The molecule has 12 heteroatoms. The third-order valence-corrected chi connectivity index (χ3v) is 3.90. The van der Waals surface area contributed by atoms with Gasteiger partial charge in [0.05, 0.1) is 19.0 Å². The van der Waals surface area contributed by atoms with Crippen molar-refractivity contribution in [1.29, 1.82) is 0 Å². The van der Waals surface area contributed by atoms with Crippen LogP contribution in [-0.4, -0.2) is 75.1 Å². The fraction of sp³-hybridized carbons (Fsp3) is 0.588. The standard InChI is InChI=1S/C17H28N6O6/c1-9(2)3-12(16(28)20-6-14(25)26)22-17(29)13(7-24)23-15(27)11(18)4-10-5-19-8-21-10/h5,8-9,11-13,24H,3-4,6-7,18H2,1-2H3,(H,19,21)(H,20,28)(H,22,29)(H,23,27)(H,25,26). The first-order chi connectivity index (χ1) is 13.6. The van der Waals surface area contributed by atoms with Crippen molar-refractivity contribution in [1.82, 2.24) is 25.9 Å². The second-order valence-electron chi connectivity index (χ2n) is 6.93. The Morgan fingerprint density at radius 3 is 2.31 bits per heavy atom. The number of aliphatic hydroxyl groups is 1. The van der Waals surface area contributed by atoms with Crippen LogP contribution in [0.2, 0.25) is 0 Å². The normalized spacial score (nSPS) is 14.0. The summed E-state index contributed by atoms with van der Waals surface area (Å²) in [5.41, 5.74) is 6.43. The molecule has 0 saturated heterocycles. The van der Waals surface area contributed by atoms with Gasteiger partial charge in [-0.1, -0.05) is 13.8 Å². The van der Waals surface area contributed by atoms with Crippen LogP contribution < -0.4 is 21.7 Å². The highest BCUT2D eigenvalue weighted by atomic mass is 16.4. The molecule has 0 aliphatic rings. The summed E-state index contributed by atoms with van der Waals surface area (Å²) in [6, 6.07) is -3.33. The Morgan fingerprint density at radius 2 is 1.79 bits per heavy atom. The van der Waals surface area contributed by atoms with Gasteiger partial charge in [0.1, 0.15) is 18.6 Å². The van der Waals surface area contributed by atoms with Gasteiger partial charge in [0.2, 0.25) is 17.7 Å². The maximum atomic E-state index is 12.4. The first-order valence-electron chi connectivity index (χ1n) is 9.08. The van der Waals surface area contributed by atoms with Gasteiger partial charge < -0.3 is 36.9 Å². The van der Waals surface area contributed by atoms with E-state index in [0.29, 0.717) is 5.69 Å². The van der Waals surface area contributed by atoms with Crippen LogP contribution in [0.3, 0.4) is 0 Å². The number of carbonyl (C=O) groups is 4. The van der Waals surface area contributed by atoms with Crippen LogP contribution in [0.4, 0.5) is 0 Å². The Bertz CT molecular complexity index is 693. The van der Waals surface area contributed by atoms with Crippen molar-refractivity contribution in [3.8, 4) is 0 Å². The fourth-order valence-corrected chi connectivity index (χ4v) is 2.46. The lowest BCUT2D eigenvalue weighted by Crippen LogP contribution is -2.57. The molecule has 1 heterocycles. The summed E-state index contributed by atoms with van der Waals surface area (Å²) in [6.45, 7) is 2.35. The zero-order valence-electron chi connectivity index (χ0n) is 16.3. The summed E-state index contributed by atoms with van der Waals surface area (Å²) < 4.78 is 0. The number of nitrogens with zero attached hydrogens (tertiary/aromatic N) is 1. The van der Waals surface area contributed by atoms with Gasteiger partial charge in [-0.2, -0.15) is 0 Å². The van der Waals surface area contributed by atoms with Gasteiger partial charge in [0.15, 0.2) is 0 Å². The number of hydrogen-bond donors (Lipinski definition) is 7. The molecule has 0 aliphatic carbocycles. The number of carbonyl (C=O) groups excluding carboxylic acids is 3. The number of aromatic nitrogens is 2. The van der Waals surface area contributed by atoms with E-state index in [-0.39, 0.29) is 18.8 Å². The molecule has 162 valence electrons. The van der Waals surface area contributed by atoms with Crippen molar-refractivity contribution in [3.63, 3.8) is 0 Å². The molecule has 0 bridgehead atoms. The molecule has 29 heavy (non-hydrogen) atoms. The maximum absolute atomic E-state index is 12.4. The van der Waals surface area contributed by atoms with Gasteiger partial charge in [-0.05, 0) is 12.3 Å². The van der Waals surface area contributed by atoms with Gasteiger partial charge in [0, 0.05) is 18.3 Å². The van der Waals surface area contributed by atoms with Crippen LogP contribution in [0, 0.1) is 5.92 Å². The van der Waals surface area contributed by atoms with Crippen LogP contribution in [0.25, 0.3) is 0 Å². The molecule has 3 unspecified atom stereocenters. The van der Waals surface area contributed by atoms with E-state index >= 15 is 0 Å². The minimum atomic E-state index is -1.32. The van der Waals surface area contributed by atoms with Crippen LogP contribution >= 0.6 is 0 Å². The molecule has 0 spiro atoms.